The minimum absolute atomic E-state index is 0.125. The number of halogens is 2. The molecule has 2 aliphatic rings. The Morgan fingerprint density at radius 2 is 2.19 bits per heavy atom. The summed E-state index contributed by atoms with van der Waals surface area (Å²) >= 11 is 7.70. The first kappa shape index (κ1) is 27.2. The molecular formula is C25H28ClFN4O5S. The van der Waals surface area contributed by atoms with Gasteiger partial charge < -0.3 is 19.9 Å². The van der Waals surface area contributed by atoms with Crippen molar-refractivity contribution in [3.05, 3.63) is 62.5 Å². The van der Waals surface area contributed by atoms with Gasteiger partial charge in [-0.3, -0.25) is 14.7 Å². The number of carboxylic acid groups (broad SMARTS) is 1. The van der Waals surface area contributed by atoms with Crippen molar-refractivity contribution in [3.63, 3.8) is 0 Å². The average molecular weight is 551 g/mol. The number of rotatable bonds is 8. The Balaban J connectivity index is 1.71. The lowest BCUT2D eigenvalue weighted by Gasteiger charge is -2.37. The van der Waals surface area contributed by atoms with E-state index in [1.54, 1.807) is 31.5 Å². The molecule has 37 heavy (non-hydrogen) atoms. The second kappa shape index (κ2) is 11.3. The van der Waals surface area contributed by atoms with Gasteiger partial charge in [0.15, 0.2) is 10.8 Å². The third kappa shape index (κ3) is 6.01. The monoisotopic (exact) mass is 550 g/mol. The minimum Gasteiger partial charge on any atom is -0.481 e. The number of benzene rings is 1. The molecule has 1 aromatic heterocycles. The zero-order valence-electron chi connectivity index (χ0n) is 20.7. The Morgan fingerprint density at radius 1 is 1.41 bits per heavy atom. The van der Waals surface area contributed by atoms with Gasteiger partial charge in [-0.25, -0.2) is 14.2 Å². The van der Waals surface area contributed by atoms with Gasteiger partial charge in [-0.15, -0.1) is 11.3 Å². The van der Waals surface area contributed by atoms with E-state index in [2.05, 4.69) is 15.2 Å². The third-order valence-corrected chi connectivity index (χ3v) is 7.54. The zero-order chi connectivity index (χ0) is 26.7. The summed E-state index contributed by atoms with van der Waals surface area (Å²) in [5, 5.41) is 15.1. The number of hydrogen-bond donors (Lipinski definition) is 2. The quantitative estimate of drug-likeness (QED) is 0.479. The first-order chi connectivity index (χ1) is 17.6. The second-order valence-corrected chi connectivity index (χ2v) is 10.8. The van der Waals surface area contributed by atoms with Gasteiger partial charge in [0.2, 0.25) is 0 Å². The highest BCUT2D eigenvalue weighted by molar-refractivity contribution is 7.11. The number of nitrogens with one attached hydrogen (secondary N) is 1. The van der Waals surface area contributed by atoms with Crippen LogP contribution in [0.3, 0.4) is 0 Å². The van der Waals surface area contributed by atoms with E-state index in [0.717, 1.165) is 0 Å². The maximum Gasteiger partial charge on any atom is 0.338 e. The fraction of sp³-hybridized carbons (Fsp3) is 0.440. The van der Waals surface area contributed by atoms with Crippen LogP contribution in [0.5, 0.6) is 0 Å². The van der Waals surface area contributed by atoms with Gasteiger partial charge in [0.05, 0.1) is 35.8 Å². The first-order valence-electron chi connectivity index (χ1n) is 11.7. The predicted molar refractivity (Wildman–Crippen MR) is 137 cm³/mol. The summed E-state index contributed by atoms with van der Waals surface area (Å²) in [6.07, 6.45) is 1.68. The lowest BCUT2D eigenvalue weighted by Crippen LogP contribution is -2.48. The zero-order valence-corrected chi connectivity index (χ0v) is 22.2. The molecule has 2 atom stereocenters. The van der Waals surface area contributed by atoms with E-state index in [9.17, 15) is 19.1 Å². The van der Waals surface area contributed by atoms with Crippen molar-refractivity contribution in [2.45, 2.75) is 32.4 Å². The molecule has 0 spiro atoms. The highest BCUT2D eigenvalue weighted by Crippen LogP contribution is 2.37. The number of aromatic nitrogens is 1. The van der Waals surface area contributed by atoms with Crippen LogP contribution in [0.25, 0.3) is 0 Å². The topological polar surface area (TPSA) is 113 Å². The van der Waals surface area contributed by atoms with Crippen LogP contribution in [0.4, 0.5) is 4.39 Å². The van der Waals surface area contributed by atoms with Crippen molar-refractivity contribution in [2.24, 2.45) is 10.4 Å². The standard InChI is InChI=1S/C25H28ClFN4O5S/c1-25(2,24(33)34)11-14-12-31(8-9-36-14)13-17-18(23(32)35-3)20(15-5-4-6-16(27)19(15)26)30-21(29-17)22-28-7-10-37-22/h4-7,10,14,20H,8-9,11-13H2,1-3H3,(H,29,30)(H,33,34)/t14?,20-/m0/s1. The summed E-state index contributed by atoms with van der Waals surface area (Å²) in [4.78, 5) is 35.8. The lowest BCUT2D eigenvalue weighted by molar-refractivity contribution is -0.150. The normalized spacial score (nSPS) is 20.8. The second-order valence-electron chi connectivity index (χ2n) is 9.49. The number of aliphatic imine (C=N–C) groups is 1. The summed E-state index contributed by atoms with van der Waals surface area (Å²) in [6, 6.07) is 3.47. The smallest absolute Gasteiger partial charge is 0.338 e. The summed E-state index contributed by atoms with van der Waals surface area (Å²) in [7, 11) is 1.27. The van der Waals surface area contributed by atoms with E-state index in [1.165, 1.54) is 30.6 Å². The molecule has 12 heteroatoms. The van der Waals surface area contributed by atoms with Crippen LogP contribution in [0.2, 0.25) is 5.02 Å². The molecule has 1 saturated heterocycles. The average Bonchev–Trinajstić information content (AvgIpc) is 3.40. The number of amidine groups is 1. The molecule has 198 valence electrons. The number of carbonyl (C=O) groups is 2. The molecule has 2 aliphatic heterocycles. The van der Waals surface area contributed by atoms with Crippen LogP contribution < -0.4 is 5.32 Å². The fourth-order valence-electron chi connectivity index (χ4n) is 4.40. The van der Waals surface area contributed by atoms with Crippen molar-refractivity contribution in [1.29, 1.82) is 0 Å². The van der Waals surface area contributed by atoms with E-state index < -0.39 is 29.2 Å². The molecule has 0 saturated carbocycles. The third-order valence-electron chi connectivity index (χ3n) is 6.36. The molecule has 1 aromatic carbocycles. The Hall–Kier alpha value is -2.86. The van der Waals surface area contributed by atoms with E-state index >= 15 is 0 Å². The number of carbonyl (C=O) groups excluding carboxylic acids is 1. The van der Waals surface area contributed by atoms with Gasteiger partial charge in [0.25, 0.3) is 0 Å². The Labute approximate surface area is 223 Å². The molecular weight excluding hydrogens is 523 g/mol. The number of aliphatic carboxylic acids is 1. The summed E-state index contributed by atoms with van der Waals surface area (Å²) < 4.78 is 25.4. The van der Waals surface area contributed by atoms with Crippen LogP contribution >= 0.6 is 22.9 Å². The van der Waals surface area contributed by atoms with Gasteiger partial charge >= 0.3 is 11.9 Å². The largest absolute Gasteiger partial charge is 0.481 e. The van der Waals surface area contributed by atoms with Gasteiger partial charge in [0.1, 0.15) is 11.9 Å². The number of hydrogen-bond acceptors (Lipinski definition) is 9. The summed E-state index contributed by atoms with van der Waals surface area (Å²) in [5.41, 5.74) is 0.120. The molecule has 0 bridgehead atoms. The van der Waals surface area contributed by atoms with E-state index in [4.69, 9.17) is 26.1 Å². The summed E-state index contributed by atoms with van der Waals surface area (Å²) in [5.74, 6) is -1.70. The SMILES string of the molecule is COC(=O)C1=C(CN2CCOC(CC(C)(C)C(=O)O)C2)NC(c2nccs2)=N[C@H]1c1cccc(F)c1Cl. The van der Waals surface area contributed by atoms with Crippen molar-refractivity contribution < 1.29 is 28.6 Å². The van der Waals surface area contributed by atoms with Crippen LogP contribution in [0, 0.1) is 11.2 Å². The highest BCUT2D eigenvalue weighted by atomic mass is 35.5. The lowest BCUT2D eigenvalue weighted by atomic mass is 9.86. The number of esters is 1. The summed E-state index contributed by atoms with van der Waals surface area (Å²) in [6.45, 7) is 5.08. The van der Waals surface area contributed by atoms with E-state index in [-0.39, 0.29) is 16.7 Å². The molecule has 0 aliphatic carbocycles. The van der Waals surface area contributed by atoms with Crippen molar-refractivity contribution >= 4 is 40.7 Å². The number of ether oxygens (including phenoxy) is 2. The molecule has 9 nitrogen and oxygen atoms in total. The van der Waals surface area contributed by atoms with Crippen LogP contribution in [0.1, 0.15) is 36.9 Å². The Bertz CT molecular complexity index is 1230. The molecule has 0 amide bonds. The predicted octanol–water partition coefficient (Wildman–Crippen LogP) is 3.66. The van der Waals surface area contributed by atoms with Crippen LogP contribution in [-0.4, -0.2) is 72.2 Å². The van der Waals surface area contributed by atoms with Crippen molar-refractivity contribution in [3.8, 4) is 0 Å². The van der Waals surface area contributed by atoms with E-state index in [1.807, 2.05) is 0 Å². The van der Waals surface area contributed by atoms with Gasteiger partial charge in [-0.1, -0.05) is 23.7 Å². The maximum atomic E-state index is 14.4. The van der Waals surface area contributed by atoms with Crippen molar-refractivity contribution in [2.75, 3.05) is 33.4 Å². The van der Waals surface area contributed by atoms with Crippen LogP contribution in [0.15, 0.2) is 46.0 Å². The van der Waals surface area contributed by atoms with Gasteiger partial charge in [-0.2, -0.15) is 0 Å². The molecule has 1 fully saturated rings. The Kier molecular flexibility index (Phi) is 8.27. The maximum absolute atomic E-state index is 14.4. The number of carboxylic acids is 1. The minimum atomic E-state index is -0.947. The van der Waals surface area contributed by atoms with Crippen LogP contribution in [-0.2, 0) is 19.1 Å². The molecule has 0 radical (unpaired) electrons. The number of thiazole rings is 1. The highest BCUT2D eigenvalue weighted by Gasteiger charge is 2.37. The van der Waals surface area contributed by atoms with Gasteiger partial charge in [-0.05, 0) is 26.3 Å². The molecule has 2 aromatic rings. The fourth-order valence-corrected chi connectivity index (χ4v) is 5.22. The van der Waals surface area contributed by atoms with Crippen molar-refractivity contribution in [1.82, 2.24) is 15.2 Å². The van der Waals surface area contributed by atoms with Gasteiger partial charge in [0, 0.05) is 42.5 Å². The first-order valence-corrected chi connectivity index (χ1v) is 12.9. The number of morpholine rings is 1. The number of nitrogens with zero attached hydrogens (tertiary/aromatic N) is 3. The Morgan fingerprint density at radius 3 is 2.86 bits per heavy atom. The molecule has 1 unspecified atom stereocenters. The molecule has 2 N–H and O–H groups in total. The van der Waals surface area contributed by atoms with E-state index in [0.29, 0.717) is 54.8 Å². The molecule has 4 rings (SSSR count). The molecule has 3 heterocycles. The number of methoxy groups -OCH3 is 1.